The van der Waals surface area contributed by atoms with Gasteiger partial charge in [0.2, 0.25) is 0 Å². The Hall–Kier alpha value is -0.689. The molecule has 1 aliphatic carbocycles. The van der Waals surface area contributed by atoms with Crippen LogP contribution < -0.4 is 10.2 Å². The third kappa shape index (κ3) is 4.54. The summed E-state index contributed by atoms with van der Waals surface area (Å²) in [6.45, 7) is 19.7. The van der Waals surface area contributed by atoms with Crippen molar-refractivity contribution in [3.63, 3.8) is 0 Å². The zero-order valence-corrected chi connectivity index (χ0v) is 21.7. The number of nitrogens with one attached hydrogen (secondary N) is 1. The van der Waals surface area contributed by atoms with Gasteiger partial charge in [0.25, 0.3) is 0 Å². The molecule has 4 heteroatoms. The Kier molecular flexibility index (Phi) is 5.89. The van der Waals surface area contributed by atoms with Crippen molar-refractivity contribution in [2.45, 2.75) is 71.0 Å². The van der Waals surface area contributed by atoms with Crippen molar-refractivity contribution in [1.82, 2.24) is 4.98 Å². The molecule has 1 aromatic carbocycles. The van der Waals surface area contributed by atoms with Crippen LogP contribution in [-0.4, -0.2) is 26.6 Å². The van der Waals surface area contributed by atoms with Gasteiger partial charge < -0.3 is 4.98 Å². The van der Waals surface area contributed by atoms with Crippen LogP contribution in [-0.2, 0) is 0 Å². The van der Waals surface area contributed by atoms with Gasteiger partial charge >= 0.3 is 0 Å². The Labute approximate surface area is 160 Å². The molecule has 1 unspecified atom stereocenters. The van der Waals surface area contributed by atoms with Gasteiger partial charge in [0.15, 0.2) is 0 Å². The molecule has 138 valence electrons. The molecule has 0 saturated heterocycles. The van der Waals surface area contributed by atoms with Gasteiger partial charge in [-0.1, -0.05) is 100 Å². The van der Waals surface area contributed by atoms with Crippen molar-refractivity contribution in [2.24, 2.45) is 0 Å². The van der Waals surface area contributed by atoms with Gasteiger partial charge in [-0.15, -0.1) is 0 Å². The van der Waals surface area contributed by atoms with E-state index in [0.29, 0.717) is 11.1 Å². The third-order valence-electron chi connectivity index (χ3n) is 5.94. The lowest BCUT2D eigenvalue weighted by Crippen LogP contribution is -2.47. The fraction of sp³-hybridized carbons (Fsp3) is 0.524. The van der Waals surface area contributed by atoms with Crippen LogP contribution in [0, 0.1) is 0 Å². The molecule has 0 saturated carbocycles. The predicted octanol–water partition coefficient (Wildman–Crippen LogP) is 4.45. The largest absolute Gasteiger partial charge is 0.328 e. The molecule has 0 aliphatic heterocycles. The van der Waals surface area contributed by atoms with Gasteiger partial charge in [-0.05, 0) is 22.6 Å². The van der Waals surface area contributed by atoms with Gasteiger partial charge in [0.1, 0.15) is 8.24 Å². The molecule has 1 nitrogen and oxygen atoms in total. The molecule has 1 aliphatic rings. The van der Waals surface area contributed by atoms with Gasteiger partial charge in [0.05, 0.1) is 8.07 Å². The molecule has 0 aromatic heterocycles. The minimum absolute atomic E-state index is 0.368. The van der Waals surface area contributed by atoms with Crippen LogP contribution in [0.5, 0.6) is 0 Å². The van der Waals surface area contributed by atoms with E-state index in [0.717, 1.165) is 16.7 Å². The standard InChI is InChI=1S/C21H37NSi3/c1-21(2,3)25(7,8)19-15-11-13-17(19)20(22-24(4,5)6)16-12-9-10-14-18(16)23/h9-12,14-15,20,22H,13H2,1-8,23H3. The molecule has 1 N–H and O–H groups in total. The molecule has 2 rings (SSSR count). The Bertz CT molecular complexity index is 688. The predicted molar refractivity (Wildman–Crippen MR) is 123 cm³/mol. The van der Waals surface area contributed by atoms with E-state index in [4.69, 9.17) is 0 Å². The lowest BCUT2D eigenvalue weighted by molar-refractivity contribution is 0.713. The van der Waals surface area contributed by atoms with E-state index in [1.54, 1.807) is 10.8 Å². The van der Waals surface area contributed by atoms with E-state index >= 15 is 0 Å². The average Bonchev–Trinajstić information content (AvgIpc) is 2.93. The highest BCUT2D eigenvalue weighted by molar-refractivity contribution is 6.87. The summed E-state index contributed by atoms with van der Waals surface area (Å²) in [5.74, 6) is 0. The monoisotopic (exact) mass is 387 g/mol. The van der Waals surface area contributed by atoms with Crippen LogP contribution in [0.15, 0.2) is 47.2 Å². The average molecular weight is 388 g/mol. The minimum Gasteiger partial charge on any atom is -0.328 e. The molecular formula is C21H37NSi3. The van der Waals surface area contributed by atoms with Crippen LogP contribution >= 0.6 is 0 Å². The van der Waals surface area contributed by atoms with E-state index in [9.17, 15) is 0 Å². The van der Waals surface area contributed by atoms with Gasteiger partial charge in [-0.3, -0.25) is 0 Å². The smallest absolute Gasteiger partial charge is 0.117 e. The van der Waals surface area contributed by atoms with Crippen LogP contribution in [0.1, 0.15) is 38.8 Å². The lowest BCUT2D eigenvalue weighted by Gasteiger charge is -2.40. The molecule has 0 fully saturated rings. The number of rotatable bonds is 5. The van der Waals surface area contributed by atoms with Crippen molar-refractivity contribution < 1.29 is 0 Å². The minimum atomic E-state index is -1.54. The zero-order chi connectivity index (χ0) is 19.0. The summed E-state index contributed by atoms with van der Waals surface area (Å²) in [7, 11) is -1.85. The molecule has 0 spiro atoms. The Morgan fingerprint density at radius 1 is 1.04 bits per heavy atom. The third-order valence-corrected chi connectivity index (χ3v) is 13.6. The Morgan fingerprint density at radius 3 is 2.16 bits per heavy atom. The first-order valence-corrected chi connectivity index (χ1v) is 17.1. The Balaban J connectivity index is 2.61. The quantitative estimate of drug-likeness (QED) is 0.736. The summed E-state index contributed by atoms with van der Waals surface area (Å²) in [4.78, 5) is 4.09. The van der Waals surface area contributed by atoms with E-state index in [-0.39, 0.29) is 0 Å². The molecule has 1 atom stereocenters. The number of benzene rings is 1. The van der Waals surface area contributed by atoms with Crippen molar-refractivity contribution in [2.75, 3.05) is 0 Å². The van der Waals surface area contributed by atoms with Gasteiger partial charge in [-0.2, -0.15) is 0 Å². The highest BCUT2D eigenvalue weighted by Gasteiger charge is 2.41. The van der Waals surface area contributed by atoms with Crippen LogP contribution in [0.2, 0.25) is 37.8 Å². The highest BCUT2D eigenvalue weighted by atomic mass is 28.3. The second kappa shape index (κ2) is 7.14. The fourth-order valence-corrected chi connectivity index (χ4v) is 7.74. The van der Waals surface area contributed by atoms with E-state index < -0.39 is 16.3 Å². The number of hydrogen-bond donors (Lipinski definition) is 1. The molecule has 0 amide bonds. The number of hydrogen-bond acceptors (Lipinski definition) is 1. The summed E-state index contributed by atoms with van der Waals surface area (Å²) in [6.07, 6.45) is 5.97. The summed E-state index contributed by atoms with van der Waals surface area (Å²) in [6, 6.07) is 9.46. The second-order valence-electron chi connectivity index (χ2n) is 10.1. The maximum Gasteiger partial charge on any atom is 0.117 e. The fourth-order valence-electron chi connectivity index (χ4n) is 3.50. The number of allylic oxidation sites excluding steroid dienone is 3. The first-order valence-electron chi connectivity index (χ1n) is 9.58. The first kappa shape index (κ1) is 20.6. The lowest BCUT2D eigenvalue weighted by atomic mass is 9.98. The maximum atomic E-state index is 4.09. The molecular weight excluding hydrogens is 350 g/mol. The molecule has 1 aromatic rings. The van der Waals surface area contributed by atoms with Crippen molar-refractivity contribution in [1.29, 1.82) is 0 Å². The normalized spacial score (nSPS) is 17.4. The summed E-state index contributed by atoms with van der Waals surface area (Å²) < 4.78 is 0. The molecule has 0 bridgehead atoms. The van der Waals surface area contributed by atoms with Crippen molar-refractivity contribution in [3.05, 3.63) is 52.8 Å². The summed E-state index contributed by atoms with van der Waals surface area (Å²) in [5, 5.41) is 3.58. The van der Waals surface area contributed by atoms with Crippen molar-refractivity contribution in [3.8, 4) is 0 Å². The SMILES string of the molecule is CC(C)(C)[Si](C)(C)C1=C(C(N[Si](C)(C)C)c2ccccc2[SiH3])CC=C1. The Morgan fingerprint density at radius 2 is 1.64 bits per heavy atom. The van der Waals surface area contributed by atoms with Crippen LogP contribution in [0.4, 0.5) is 0 Å². The second-order valence-corrected chi connectivity index (χ2v) is 21.3. The molecule has 25 heavy (non-hydrogen) atoms. The van der Waals surface area contributed by atoms with Crippen LogP contribution in [0.25, 0.3) is 0 Å². The first-order chi connectivity index (χ1) is 11.3. The van der Waals surface area contributed by atoms with Crippen LogP contribution in [0.3, 0.4) is 0 Å². The van der Waals surface area contributed by atoms with Gasteiger partial charge in [-0.25, -0.2) is 0 Å². The van der Waals surface area contributed by atoms with E-state index in [2.05, 4.69) is 94.9 Å². The van der Waals surface area contributed by atoms with E-state index in [1.807, 2.05) is 0 Å². The van der Waals surface area contributed by atoms with Gasteiger partial charge in [0, 0.05) is 16.3 Å². The molecule has 0 heterocycles. The van der Waals surface area contributed by atoms with E-state index in [1.165, 1.54) is 10.8 Å². The topological polar surface area (TPSA) is 12.0 Å². The highest BCUT2D eigenvalue weighted by Crippen LogP contribution is 2.46. The summed E-state index contributed by atoms with van der Waals surface area (Å²) >= 11 is 0. The summed E-state index contributed by atoms with van der Waals surface area (Å²) in [5.41, 5.74) is 3.17. The zero-order valence-electron chi connectivity index (χ0n) is 17.7. The maximum absolute atomic E-state index is 4.09. The molecule has 0 radical (unpaired) electrons. The van der Waals surface area contributed by atoms with Crippen molar-refractivity contribution >= 4 is 31.7 Å².